The van der Waals surface area contributed by atoms with Gasteiger partial charge in [0, 0.05) is 12.5 Å². The van der Waals surface area contributed by atoms with Crippen molar-refractivity contribution in [3.8, 4) is 0 Å². The van der Waals surface area contributed by atoms with E-state index < -0.39 is 5.97 Å². The number of hydrogen-bond donors (Lipinski definition) is 2. The van der Waals surface area contributed by atoms with Gasteiger partial charge in [0.1, 0.15) is 0 Å². The molecule has 2 aliphatic rings. The topological polar surface area (TPSA) is 66.4 Å². The number of carbonyl (C=O) groups excluding carboxylic acids is 1. The summed E-state index contributed by atoms with van der Waals surface area (Å²) in [6.45, 7) is 3.04. The van der Waals surface area contributed by atoms with Crippen LogP contribution in [0, 0.1) is 23.7 Å². The maximum absolute atomic E-state index is 12.2. The highest BCUT2D eigenvalue weighted by atomic mass is 16.4. The summed E-state index contributed by atoms with van der Waals surface area (Å²) < 4.78 is 0. The summed E-state index contributed by atoms with van der Waals surface area (Å²) in [4.78, 5) is 23.3. The van der Waals surface area contributed by atoms with Crippen LogP contribution >= 0.6 is 0 Å². The van der Waals surface area contributed by atoms with E-state index in [1.54, 1.807) is 0 Å². The molecule has 0 aromatic heterocycles. The van der Waals surface area contributed by atoms with E-state index in [-0.39, 0.29) is 17.7 Å². The first-order valence-electron chi connectivity index (χ1n) is 8.60. The monoisotopic (exact) mass is 295 g/mol. The molecule has 0 saturated heterocycles. The van der Waals surface area contributed by atoms with Crippen LogP contribution < -0.4 is 5.32 Å². The summed E-state index contributed by atoms with van der Waals surface area (Å²) in [5.74, 6) is 0.424. The maximum Gasteiger partial charge on any atom is 0.306 e. The molecule has 0 heterocycles. The Labute approximate surface area is 127 Å². The third-order valence-corrected chi connectivity index (χ3v) is 5.50. The molecule has 0 aliphatic heterocycles. The molecule has 0 radical (unpaired) electrons. The summed E-state index contributed by atoms with van der Waals surface area (Å²) in [5.41, 5.74) is 0. The molecule has 2 unspecified atom stereocenters. The van der Waals surface area contributed by atoms with E-state index in [0.29, 0.717) is 12.3 Å². The Kier molecular flexibility index (Phi) is 6.07. The summed E-state index contributed by atoms with van der Waals surface area (Å²) in [5, 5.41) is 12.2. The fourth-order valence-electron chi connectivity index (χ4n) is 3.89. The predicted octanol–water partition coefficient (Wildman–Crippen LogP) is 3.21. The van der Waals surface area contributed by atoms with Gasteiger partial charge in [0.15, 0.2) is 0 Å². The fourth-order valence-corrected chi connectivity index (χ4v) is 3.89. The van der Waals surface area contributed by atoms with Crippen LogP contribution in [0.1, 0.15) is 64.7 Å². The first-order valence-corrected chi connectivity index (χ1v) is 8.60. The van der Waals surface area contributed by atoms with Crippen molar-refractivity contribution in [3.05, 3.63) is 0 Å². The Morgan fingerprint density at radius 3 is 2.24 bits per heavy atom. The Morgan fingerprint density at radius 2 is 1.62 bits per heavy atom. The van der Waals surface area contributed by atoms with Gasteiger partial charge in [0.25, 0.3) is 0 Å². The van der Waals surface area contributed by atoms with Crippen molar-refractivity contribution in [2.45, 2.75) is 64.7 Å². The lowest BCUT2D eigenvalue weighted by molar-refractivity contribution is -0.144. The fraction of sp³-hybridized carbons (Fsp3) is 0.882. The first kappa shape index (κ1) is 16.3. The van der Waals surface area contributed by atoms with Gasteiger partial charge in [-0.15, -0.1) is 0 Å². The van der Waals surface area contributed by atoms with Gasteiger partial charge < -0.3 is 10.4 Å². The van der Waals surface area contributed by atoms with Gasteiger partial charge in [-0.05, 0) is 43.9 Å². The molecular formula is C17H29NO3. The van der Waals surface area contributed by atoms with Crippen LogP contribution in [0.15, 0.2) is 0 Å². The Morgan fingerprint density at radius 1 is 1.00 bits per heavy atom. The highest BCUT2D eigenvalue weighted by molar-refractivity contribution is 5.80. The second-order valence-corrected chi connectivity index (χ2v) is 6.94. The molecule has 0 bridgehead atoms. The van der Waals surface area contributed by atoms with Crippen LogP contribution in [0.4, 0.5) is 0 Å². The van der Waals surface area contributed by atoms with E-state index in [4.69, 9.17) is 5.11 Å². The molecule has 21 heavy (non-hydrogen) atoms. The second-order valence-electron chi connectivity index (χ2n) is 6.94. The lowest BCUT2D eigenvalue weighted by Crippen LogP contribution is -2.38. The maximum atomic E-state index is 12.2. The average Bonchev–Trinajstić information content (AvgIpc) is 2.53. The van der Waals surface area contributed by atoms with Crippen LogP contribution in [0.5, 0.6) is 0 Å². The largest absolute Gasteiger partial charge is 0.481 e. The molecule has 2 fully saturated rings. The van der Waals surface area contributed by atoms with Crippen molar-refractivity contribution in [3.63, 3.8) is 0 Å². The molecule has 2 aliphatic carbocycles. The SMILES string of the molecule is CCC1CCC(CNC(=O)C2CCCC(C(=O)O)C2)CC1. The molecule has 4 nitrogen and oxygen atoms in total. The van der Waals surface area contributed by atoms with Gasteiger partial charge in [-0.1, -0.05) is 32.6 Å². The summed E-state index contributed by atoms with van der Waals surface area (Å²) >= 11 is 0. The Hall–Kier alpha value is -1.06. The van der Waals surface area contributed by atoms with E-state index in [1.165, 1.54) is 32.1 Å². The zero-order chi connectivity index (χ0) is 15.2. The molecule has 0 spiro atoms. The average molecular weight is 295 g/mol. The quantitative estimate of drug-likeness (QED) is 0.818. The number of carbonyl (C=O) groups is 2. The highest BCUT2D eigenvalue weighted by Crippen LogP contribution is 2.31. The first-order chi connectivity index (χ1) is 10.1. The molecule has 2 N–H and O–H groups in total. The minimum atomic E-state index is -0.745. The third kappa shape index (κ3) is 4.72. The zero-order valence-corrected chi connectivity index (χ0v) is 13.1. The molecule has 2 rings (SSSR count). The van der Waals surface area contributed by atoms with Gasteiger partial charge in [0.05, 0.1) is 5.92 Å². The lowest BCUT2D eigenvalue weighted by atomic mass is 9.80. The minimum Gasteiger partial charge on any atom is -0.481 e. The van der Waals surface area contributed by atoms with Crippen molar-refractivity contribution in [1.82, 2.24) is 5.32 Å². The van der Waals surface area contributed by atoms with Crippen molar-refractivity contribution >= 4 is 11.9 Å². The van der Waals surface area contributed by atoms with Gasteiger partial charge in [-0.2, -0.15) is 0 Å². The zero-order valence-electron chi connectivity index (χ0n) is 13.1. The third-order valence-electron chi connectivity index (χ3n) is 5.50. The van der Waals surface area contributed by atoms with Crippen molar-refractivity contribution in [2.24, 2.45) is 23.7 Å². The molecule has 2 saturated carbocycles. The number of rotatable bonds is 5. The van der Waals surface area contributed by atoms with Crippen LogP contribution in [0.2, 0.25) is 0 Å². The molecule has 4 heteroatoms. The van der Waals surface area contributed by atoms with E-state index in [2.05, 4.69) is 12.2 Å². The van der Waals surface area contributed by atoms with E-state index in [9.17, 15) is 9.59 Å². The van der Waals surface area contributed by atoms with Crippen LogP contribution in [-0.4, -0.2) is 23.5 Å². The Balaban J connectivity index is 1.71. The van der Waals surface area contributed by atoms with Crippen LogP contribution in [-0.2, 0) is 9.59 Å². The molecule has 2 atom stereocenters. The van der Waals surface area contributed by atoms with Gasteiger partial charge in [0.2, 0.25) is 5.91 Å². The molecule has 0 aromatic rings. The number of amides is 1. The molecular weight excluding hydrogens is 266 g/mol. The predicted molar refractivity (Wildman–Crippen MR) is 81.8 cm³/mol. The lowest BCUT2D eigenvalue weighted by Gasteiger charge is -2.29. The minimum absolute atomic E-state index is 0.0820. The number of hydrogen-bond acceptors (Lipinski definition) is 2. The molecule has 1 amide bonds. The van der Waals surface area contributed by atoms with Crippen LogP contribution in [0.25, 0.3) is 0 Å². The smallest absolute Gasteiger partial charge is 0.306 e. The molecule has 0 aromatic carbocycles. The van der Waals surface area contributed by atoms with E-state index in [1.807, 2.05) is 0 Å². The van der Waals surface area contributed by atoms with Crippen LogP contribution in [0.3, 0.4) is 0 Å². The van der Waals surface area contributed by atoms with Crippen molar-refractivity contribution in [2.75, 3.05) is 6.54 Å². The number of carboxylic acids is 1. The van der Waals surface area contributed by atoms with E-state index >= 15 is 0 Å². The Bertz CT molecular complexity index is 361. The number of carboxylic acid groups (broad SMARTS) is 1. The molecule has 120 valence electrons. The highest BCUT2D eigenvalue weighted by Gasteiger charge is 2.31. The van der Waals surface area contributed by atoms with Gasteiger partial charge in [-0.3, -0.25) is 9.59 Å². The van der Waals surface area contributed by atoms with Gasteiger partial charge in [-0.25, -0.2) is 0 Å². The normalized spacial score (nSPS) is 33.4. The van der Waals surface area contributed by atoms with E-state index in [0.717, 1.165) is 31.7 Å². The van der Waals surface area contributed by atoms with Crippen molar-refractivity contribution in [1.29, 1.82) is 0 Å². The number of nitrogens with one attached hydrogen (secondary N) is 1. The summed E-state index contributed by atoms with van der Waals surface area (Å²) in [7, 11) is 0. The summed E-state index contributed by atoms with van der Waals surface area (Å²) in [6.07, 6.45) is 9.25. The number of aliphatic carboxylic acids is 1. The van der Waals surface area contributed by atoms with Gasteiger partial charge >= 0.3 is 5.97 Å². The second kappa shape index (κ2) is 7.81. The summed E-state index contributed by atoms with van der Waals surface area (Å²) in [6, 6.07) is 0. The van der Waals surface area contributed by atoms with Crippen molar-refractivity contribution < 1.29 is 14.7 Å². The standard InChI is InChI=1S/C17H29NO3/c1-2-12-6-8-13(9-7-12)11-18-16(19)14-4-3-5-15(10-14)17(20)21/h12-15H,2-11H2,1H3,(H,18,19)(H,20,21).